The minimum absolute atomic E-state index is 0.103. The monoisotopic (exact) mass is 367 g/mol. The molecule has 1 aliphatic rings. The highest BCUT2D eigenvalue weighted by atomic mass is 16.5. The van der Waals surface area contributed by atoms with Gasteiger partial charge in [-0.1, -0.05) is 5.16 Å². The molecular formula is C19H21N5O3. The average Bonchev–Trinajstić information content (AvgIpc) is 3.47. The van der Waals surface area contributed by atoms with Gasteiger partial charge in [-0.2, -0.15) is 10.1 Å². The number of rotatable bonds is 5. The second-order valence-corrected chi connectivity index (χ2v) is 6.40. The summed E-state index contributed by atoms with van der Waals surface area (Å²) in [7, 11) is 1.62. The molecule has 1 fully saturated rings. The number of amides is 1. The van der Waals surface area contributed by atoms with Crippen molar-refractivity contribution >= 4 is 5.91 Å². The molecule has 8 heteroatoms. The SMILES string of the molecule is CCn1ccc(C(=O)N2CCC[C@H]2c2nc(-c3ccc(OC)cc3)no2)n1. The fourth-order valence-electron chi connectivity index (χ4n) is 3.29. The Hall–Kier alpha value is -3.16. The van der Waals surface area contributed by atoms with Crippen LogP contribution >= 0.6 is 0 Å². The zero-order valence-corrected chi connectivity index (χ0v) is 15.3. The lowest BCUT2D eigenvalue weighted by Gasteiger charge is -2.20. The van der Waals surface area contributed by atoms with Crippen molar-refractivity contribution in [1.29, 1.82) is 0 Å². The van der Waals surface area contributed by atoms with Crippen LogP contribution in [0.3, 0.4) is 0 Å². The van der Waals surface area contributed by atoms with E-state index in [0.717, 1.165) is 30.7 Å². The predicted molar refractivity (Wildman–Crippen MR) is 97.2 cm³/mol. The van der Waals surface area contributed by atoms with Crippen molar-refractivity contribution < 1.29 is 14.1 Å². The molecule has 1 atom stereocenters. The zero-order chi connectivity index (χ0) is 18.8. The summed E-state index contributed by atoms with van der Waals surface area (Å²) in [4.78, 5) is 19.2. The van der Waals surface area contributed by atoms with Crippen molar-refractivity contribution in [3.8, 4) is 17.1 Å². The number of aryl methyl sites for hydroxylation is 1. The number of methoxy groups -OCH3 is 1. The summed E-state index contributed by atoms with van der Waals surface area (Å²) in [6.45, 7) is 3.37. The number of hydrogen-bond acceptors (Lipinski definition) is 6. The van der Waals surface area contributed by atoms with Crippen molar-refractivity contribution in [3.63, 3.8) is 0 Å². The highest BCUT2D eigenvalue weighted by Gasteiger charge is 2.35. The molecule has 2 aromatic heterocycles. The predicted octanol–water partition coefficient (Wildman–Crippen LogP) is 2.94. The van der Waals surface area contributed by atoms with Gasteiger partial charge in [-0.05, 0) is 50.1 Å². The molecular weight excluding hydrogens is 346 g/mol. The van der Waals surface area contributed by atoms with Gasteiger partial charge in [-0.25, -0.2) is 0 Å². The molecule has 0 aliphatic carbocycles. The molecule has 0 unspecified atom stereocenters. The average molecular weight is 367 g/mol. The number of carbonyl (C=O) groups is 1. The second-order valence-electron chi connectivity index (χ2n) is 6.40. The van der Waals surface area contributed by atoms with Crippen LogP contribution < -0.4 is 4.74 Å². The van der Waals surface area contributed by atoms with Crippen LogP contribution in [0.1, 0.15) is 42.2 Å². The van der Waals surface area contributed by atoms with E-state index in [1.165, 1.54) is 0 Å². The van der Waals surface area contributed by atoms with E-state index in [4.69, 9.17) is 9.26 Å². The minimum atomic E-state index is -0.219. The quantitative estimate of drug-likeness (QED) is 0.689. The third kappa shape index (κ3) is 3.30. The Kier molecular flexibility index (Phi) is 4.62. The third-order valence-corrected chi connectivity index (χ3v) is 4.77. The van der Waals surface area contributed by atoms with E-state index >= 15 is 0 Å². The molecule has 1 amide bonds. The number of nitrogens with zero attached hydrogens (tertiary/aromatic N) is 5. The maximum atomic E-state index is 12.9. The van der Waals surface area contributed by atoms with Crippen LogP contribution in [0.4, 0.5) is 0 Å². The van der Waals surface area contributed by atoms with Gasteiger partial charge in [0.1, 0.15) is 17.5 Å². The van der Waals surface area contributed by atoms with E-state index in [1.807, 2.05) is 37.4 Å². The summed E-state index contributed by atoms with van der Waals surface area (Å²) in [5.74, 6) is 1.62. The maximum Gasteiger partial charge on any atom is 0.275 e. The van der Waals surface area contributed by atoms with Gasteiger partial charge in [0.05, 0.1) is 7.11 Å². The minimum Gasteiger partial charge on any atom is -0.497 e. The lowest BCUT2D eigenvalue weighted by atomic mass is 10.2. The molecule has 3 aromatic rings. The largest absolute Gasteiger partial charge is 0.497 e. The molecule has 8 nitrogen and oxygen atoms in total. The van der Waals surface area contributed by atoms with Crippen LogP contribution in [-0.2, 0) is 6.54 Å². The van der Waals surface area contributed by atoms with Crippen LogP contribution in [0.25, 0.3) is 11.4 Å². The van der Waals surface area contributed by atoms with E-state index in [-0.39, 0.29) is 11.9 Å². The Morgan fingerprint density at radius 1 is 1.30 bits per heavy atom. The molecule has 0 saturated carbocycles. The molecule has 140 valence electrons. The lowest BCUT2D eigenvalue weighted by molar-refractivity contribution is 0.0703. The summed E-state index contributed by atoms with van der Waals surface area (Å²) in [5, 5.41) is 8.40. The number of ether oxygens (including phenoxy) is 1. The van der Waals surface area contributed by atoms with Gasteiger partial charge < -0.3 is 14.2 Å². The maximum absolute atomic E-state index is 12.9. The van der Waals surface area contributed by atoms with Gasteiger partial charge >= 0.3 is 0 Å². The number of carbonyl (C=O) groups excluding carboxylic acids is 1. The Labute approximate surface area is 156 Å². The van der Waals surface area contributed by atoms with Gasteiger partial charge in [0, 0.05) is 24.8 Å². The topological polar surface area (TPSA) is 86.3 Å². The molecule has 0 radical (unpaired) electrons. The Morgan fingerprint density at radius 2 is 2.11 bits per heavy atom. The number of likely N-dealkylation sites (tertiary alicyclic amines) is 1. The number of benzene rings is 1. The van der Waals surface area contributed by atoms with Gasteiger partial charge in [0.2, 0.25) is 11.7 Å². The molecule has 3 heterocycles. The van der Waals surface area contributed by atoms with E-state index in [0.29, 0.717) is 24.0 Å². The first-order chi connectivity index (χ1) is 13.2. The van der Waals surface area contributed by atoms with Crippen molar-refractivity contribution in [2.45, 2.75) is 32.4 Å². The standard InChI is InChI=1S/C19H21N5O3/c1-3-23-12-10-15(21-23)19(25)24-11-4-5-16(24)18-20-17(22-27-18)13-6-8-14(26-2)9-7-13/h6-10,12,16H,3-5,11H2,1-2H3/t16-/m0/s1. The molecule has 27 heavy (non-hydrogen) atoms. The van der Waals surface area contributed by atoms with Crippen molar-refractivity contribution in [1.82, 2.24) is 24.8 Å². The Bertz CT molecular complexity index is 931. The normalized spacial score (nSPS) is 16.7. The van der Waals surface area contributed by atoms with E-state index in [1.54, 1.807) is 22.8 Å². The number of aromatic nitrogens is 4. The molecule has 4 rings (SSSR count). The van der Waals surface area contributed by atoms with Crippen molar-refractivity contribution in [2.24, 2.45) is 0 Å². The van der Waals surface area contributed by atoms with E-state index < -0.39 is 0 Å². The van der Waals surface area contributed by atoms with Crippen LogP contribution in [0.15, 0.2) is 41.1 Å². The van der Waals surface area contributed by atoms with Crippen LogP contribution in [-0.4, -0.2) is 44.4 Å². The first-order valence-corrected chi connectivity index (χ1v) is 9.02. The fraction of sp³-hybridized carbons (Fsp3) is 0.368. The fourth-order valence-corrected chi connectivity index (χ4v) is 3.29. The van der Waals surface area contributed by atoms with Crippen molar-refractivity contribution in [3.05, 3.63) is 48.1 Å². The van der Waals surface area contributed by atoms with Crippen LogP contribution in [0, 0.1) is 0 Å². The van der Waals surface area contributed by atoms with E-state index in [2.05, 4.69) is 15.2 Å². The van der Waals surface area contributed by atoms with Crippen molar-refractivity contribution in [2.75, 3.05) is 13.7 Å². The molecule has 1 aliphatic heterocycles. The van der Waals surface area contributed by atoms with Crippen LogP contribution in [0.5, 0.6) is 5.75 Å². The smallest absolute Gasteiger partial charge is 0.275 e. The lowest BCUT2D eigenvalue weighted by Crippen LogP contribution is -2.31. The van der Waals surface area contributed by atoms with E-state index in [9.17, 15) is 4.79 Å². The summed E-state index contributed by atoms with van der Waals surface area (Å²) in [6.07, 6.45) is 3.50. The summed E-state index contributed by atoms with van der Waals surface area (Å²) in [6, 6.07) is 8.98. The first-order valence-electron chi connectivity index (χ1n) is 9.02. The highest BCUT2D eigenvalue weighted by molar-refractivity contribution is 5.92. The summed E-state index contributed by atoms with van der Waals surface area (Å²) >= 11 is 0. The second kappa shape index (κ2) is 7.22. The molecule has 0 spiro atoms. The summed E-state index contributed by atoms with van der Waals surface area (Å²) in [5.41, 5.74) is 1.28. The first kappa shape index (κ1) is 17.3. The third-order valence-electron chi connectivity index (χ3n) is 4.77. The Balaban J connectivity index is 1.55. The van der Waals surface area contributed by atoms with Gasteiger partial charge in [-0.15, -0.1) is 0 Å². The molecule has 1 aromatic carbocycles. The molecule has 0 N–H and O–H groups in total. The Morgan fingerprint density at radius 3 is 2.81 bits per heavy atom. The number of hydrogen-bond donors (Lipinski definition) is 0. The molecule has 0 bridgehead atoms. The van der Waals surface area contributed by atoms with Gasteiger partial charge in [0.15, 0.2) is 0 Å². The summed E-state index contributed by atoms with van der Waals surface area (Å²) < 4.78 is 12.4. The molecule has 1 saturated heterocycles. The van der Waals surface area contributed by atoms with Gasteiger partial charge in [-0.3, -0.25) is 9.48 Å². The highest BCUT2D eigenvalue weighted by Crippen LogP contribution is 2.33. The van der Waals surface area contributed by atoms with Gasteiger partial charge in [0.25, 0.3) is 5.91 Å². The zero-order valence-electron chi connectivity index (χ0n) is 15.3. The van der Waals surface area contributed by atoms with Crippen LogP contribution in [0.2, 0.25) is 0 Å².